The Kier molecular flexibility index (Phi) is 35.5. The van der Waals surface area contributed by atoms with Crippen LogP contribution in [0.1, 0.15) is 225 Å². The lowest BCUT2D eigenvalue weighted by Gasteiger charge is -2.13. The van der Waals surface area contributed by atoms with E-state index in [4.69, 9.17) is 15.2 Å². The second-order valence-electron chi connectivity index (χ2n) is 15.1. The Morgan fingerprint density at radius 3 is 0.980 bits per heavy atom. The standard InChI is InChI=1S/C45H86N2O2/c1-3-5-7-9-11-13-15-17-19-21-23-25-27-29-31-33-37-48-44-39-43(42-47-36-35-46)40-45(41-44)49-38-34-32-30-28-26-24-22-20-18-16-14-12-10-8-6-4-2/h39-41,47H,3-38,42,46H2,1-2H3. The second-order valence-corrected chi connectivity index (χ2v) is 15.1. The van der Waals surface area contributed by atoms with E-state index in [1.807, 2.05) is 0 Å². The fourth-order valence-corrected chi connectivity index (χ4v) is 6.91. The smallest absolute Gasteiger partial charge is 0.123 e. The van der Waals surface area contributed by atoms with E-state index in [0.717, 1.165) is 50.6 Å². The first-order valence-corrected chi connectivity index (χ1v) is 22.1. The maximum Gasteiger partial charge on any atom is 0.123 e. The molecule has 0 amide bonds. The average Bonchev–Trinajstić information content (AvgIpc) is 3.11. The van der Waals surface area contributed by atoms with E-state index in [9.17, 15) is 0 Å². The van der Waals surface area contributed by atoms with Crippen LogP contribution in [-0.4, -0.2) is 26.3 Å². The van der Waals surface area contributed by atoms with Gasteiger partial charge in [0.2, 0.25) is 0 Å². The average molecular weight is 687 g/mol. The Morgan fingerprint density at radius 1 is 0.408 bits per heavy atom. The number of hydrogen-bond acceptors (Lipinski definition) is 4. The van der Waals surface area contributed by atoms with E-state index in [1.54, 1.807) is 0 Å². The highest BCUT2D eigenvalue weighted by atomic mass is 16.5. The zero-order chi connectivity index (χ0) is 35.1. The molecule has 0 unspecified atom stereocenters. The minimum Gasteiger partial charge on any atom is -0.493 e. The van der Waals surface area contributed by atoms with Gasteiger partial charge in [-0.15, -0.1) is 0 Å². The molecule has 0 aliphatic carbocycles. The van der Waals surface area contributed by atoms with Crippen molar-refractivity contribution >= 4 is 0 Å². The van der Waals surface area contributed by atoms with Crippen molar-refractivity contribution in [1.29, 1.82) is 0 Å². The number of ether oxygens (including phenoxy) is 2. The Morgan fingerprint density at radius 2 is 0.694 bits per heavy atom. The van der Waals surface area contributed by atoms with Gasteiger partial charge in [-0.25, -0.2) is 0 Å². The van der Waals surface area contributed by atoms with E-state index in [2.05, 4.69) is 37.4 Å². The van der Waals surface area contributed by atoms with E-state index in [-0.39, 0.29) is 0 Å². The first-order valence-electron chi connectivity index (χ1n) is 22.1. The highest BCUT2D eigenvalue weighted by Gasteiger charge is 2.05. The van der Waals surface area contributed by atoms with Gasteiger partial charge in [-0.2, -0.15) is 0 Å². The van der Waals surface area contributed by atoms with Crippen LogP contribution >= 0.6 is 0 Å². The molecule has 0 atom stereocenters. The molecule has 4 nitrogen and oxygen atoms in total. The van der Waals surface area contributed by atoms with Crippen LogP contribution in [0.15, 0.2) is 18.2 Å². The lowest BCUT2D eigenvalue weighted by molar-refractivity contribution is 0.289. The molecule has 1 aromatic rings. The Hall–Kier alpha value is -1.26. The number of benzene rings is 1. The summed E-state index contributed by atoms with van der Waals surface area (Å²) in [4.78, 5) is 0. The van der Waals surface area contributed by atoms with Crippen molar-refractivity contribution in [2.75, 3.05) is 26.3 Å². The molecule has 0 radical (unpaired) electrons. The van der Waals surface area contributed by atoms with Crippen molar-refractivity contribution in [2.45, 2.75) is 226 Å². The summed E-state index contributed by atoms with van der Waals surface area (Å²) in [6.07, 6.45) is 44.5. The third kappa shape index (κ3) is 32.4. The predicted octanol–water partition coefficient (Wildman–Crippen LogP) is 14.0. The molecule has 1 aromatic carbocycles. The van der Waals surface area contributed by atoms with Crippen LogP contribution in [0.2, 0.25) is 0 Å². The second kappa shape index (κ2) is 38.0. The highest BCUT2D eigenvalue weighted by molar-refractivity contribution is 5.38. The summed E-state index contributed by atoms with van der Waals surface area (Å²) in [5, 5.41) is 3.42. The molecule has 4 heteroatoms. The maximum absolute atomic E-state index is 6.22. The number of hydrogen-bond donors (Lipinski definition) is 2. The van der Waals surface area contributed by atoms with Crippen LogP contribution < -0.4 is 20.5 Å². The molecule has 0 bridgehead atoms. The molecule has 1 rings (SSSR count). The van der Waals surface area contributed by atoms with Gasteiger partial charge < -0.3 is 20.5 Å². The minimum atomic E-state index is 0.651. The van der Waals surface area contributed by atoms with Gasteiger partial charge in [0.15, 0.2) is 0 Å². The van der Waals surface area contributed by atoms with Crippen molar-refractivity contribution in [1.82, 2.24) is 5.32 Å². The summed E-state index contributed by atoms with van der Waals surface area (Å²) in [5.41, 5.74) is 6.90. The molecule has 0 heterocycles. The fraction of sp³-hybridized carbons (Fsp3) is 0.867. The number of nitrogens with one attached hydrogen (secondary N) is 1. The first kappa shape index (κ1) is 45.8. The van der Waals surface area contributed by atoms with Gasteiger partial charge in [0.1, 0.15) is 11.5 Å². The SMILES string of the molecule is CCCCCCCCCCCCCCCCCCOc1cc(CNCCN)cc(OCCCCCCCCCCCCCCCCCC)c1. The molecule has 0 spiro atoms. The summed E-state index contributed by atoms with van der Waals surface area (Å²) >= 11 is 0. The van der Waals surface area contributed by atoms with E-state index in [1.165, 1.54) is 198 Å². The van der Waals surface area contributed by atoms with Crippen LogP contribution in [0.3, 0.4) is 0 Å². The molecular formula is C45H86N2O2. The summed E-state index contributed by atoms with van der Waals surface area (Å²) in [6.45, 7) is 8.44. The summed E-state index contributed by atoms with van der Waals surface area (Å²) in [6, 6.07) is 6.42. The third-order valence-electron chi connectivity index (χ3n) is 10.1. The van der Waals surface area contributed by atoms with Gasteiger partial charge in [0.25, 0.3) is 0 Å². The van der Waals surface area contributed by atoms with Crippen LogP contribution in [-0.2, 0) is 6.54 Å². The Balaban J connectivity index is 2.08. The minimum absolute atomic E-state index is 0.651. The topological polar surface area (TPSA) is 56.5 Å². The normalized spacial score (nSPS) is 11.4. The van der Waals surface area contributed by atoms with Gasteiger partial charge in [0.05, 0.1) is 13.2 Å². The Bertz CT molecular complexity index is 729. The van der Waals surface area contributed by atoms with Gasteiger partial charge in [-0.05, 0) is 30.5 Å². The molecule has 0 aliphatic rings. The van der Waals surface area contributed by atoms with Crippen molar-refractivity contribution in [3.8, 4) is 11.5 Å². The van der Waals surface area contributed by atoms with Crippen molar-refractivity contribution in [3.05, 3.63) is 23.8 Å². The van der Waals surface area contributed by atoms with Crippen LogP contribution in [0.5, 0.6) is 11.5 Å². The first-order chi connectivity index (χ1) is 24.3. The summed E-state index contributed by atoms with van der Waals surface area (Å²) in [7, 11) is 0. The van der Waals surface area contributed by atoms with Crippen LogP contribution in [0.25, 0.3) is 0 Å². The highest BCUT2D eigenvalue weighted by Crippen LogP contribution is 2.24. The van der Waals surface area contributed by atoms with Gasteiger partial charge in [0, 0.05) is 25.7 Å². The third-order valence-corrected chi connectivity index (χ3v) is 10.1. The van der Waals surface area contributed by atoms with Crippen molar-refractivity contribution in [3.63, 3.8) is 0 Å². The predicted molar refractivity (Wildman–Crippen MR) is 217 cm³/mol. The van der Waals surface area contributed by atoms with E-state index in [0.29, 0.717) is 6.54 Å². The van der Waals surface area contributed by atoms with E-state index < -0.39 is 0 Å². The maximum atomic E-state index is 6.22. The van der Waals surface area contributed by atoms with Crippen LogP contribution in [0, 0.1) is 0 Å². The largest absolute Gasteiger partial charge is 0.493 e. The molecule has 3 N–H and O–H groups in total. The molecule has 0 fully saturated rings. The molecule has 0 saturated carbocycles. The zero-order valence-electron chi connectivity index (χ0n) is 33.3. The van der Waals surface area contributed by atoms with Crippen molar-refractivity contribution in [2.24, 2.45) is 5.73 Å². The lowest BCUT2D eigenvalue weighted by Crippen LogP contribution is -2.21. The van der Waals surface area contributed by atoms with Crippen molar-refractivity contribution < 1.29 is 9.47 Å². The number of nitrogens with two attached hydrogens (primary N) is 1. The lowest BCUT2D eigenvalue weighted by atomic mass is 10.0. The fourth-order valence-electron chi connectivity index (χ4n) is 6.91. The van der Waals surface area contributed by atoms with Gasteiger partial charge in [-0.3, -0.25) is 0 Å². The molecule has 49 heavy (non-hydrogen) atoms. The van der Waals surface area contributed by atoms with Crippen LogP contribution in [0.4, 0.5) is 0 Å². The Labute approximate surface area is 307 Å². The molecule has 0 saturated heterocycles. The summed E-state index contributed by atoms with van der Waals surface area (Å²) < 4.78 is 12.4. The van der Waals surface area contributed by atoms with Gasteiger partial charge >= 0.3 is 0 Å². The zero-order valence-corrected chi connectivity index (χ0v) is 33.3. The summed E-state index contributed by atoms with van der Waals surface area (Å²) in [5.74, 6) is 1.88. The van der Waals surface area contributed by atoms with E-state index >= 15 is 0 Å². The quantitative estimate of drug-likeness (QED) is 0.0675. The molecule has 0 aliphatic heterocycles. The number of unbranched alkanes of at least 4 members (excludes halogenated alkanes) is 30. The molecular weight excluding hydrogens is 601 g/mol. The molecule has 0 aromatic heterocycles. The number of rotatable bonds is 40. The van der Waals surface area contributed by atoms with Gasteiger partial charge in [-0.1, -0.05) is 206 Å². The molecule has 288 valence electrons. The monoisotopic (exact) mass is 687 g/mol.